The topological polar surface area (TPSA) is 41.5 Å². The fraction of sp³-hybridized carbons (Fsp3) is 0.600. The summed E-state index contributed by atoms with van der Waals surface area (Å²) in [4.78, 5) is 14.4. The number of aryl methyl sites for hydroxylation is 1. The number of aromatic nitrogens is 2. The van der Waals surface area contributed by atoms with Gasteiger partial charge in [-0.3, -0.25) is 0 Å². The summed E-state index contributed by atoms with van der Waals surface area (Å²) in [5.41, 5.74) is 1.99. The van der Waals surface area contributed by atoms with Crippen molar-refractivity contribution in [2.75, 3.05) is 38.7 Å². The zero-order valence-corrected chi connectivity index (χ0v) is 16.0. The molecule has 1 saturated heterocycles. The van der Waals surface area contributed by atoms with Gasteiger partial charge in [0.15, 0.2) is 0 Å². The van der Waals surface area contributed by atoms with E-state index in [1.165, 1.54) is 32.2 Å². The molecule has 1 aliphatic heterocycles. The lowest BCUT2D eigenvalue weighted by molar-refractivity contribution is 0.205. The lowest BCUT2D eigenvalue weighted by atomic mass is 10.0. The van der Waals surface area contributed by atoms with Gasteiger partial charge in [0.1, 0.15) is 5.75 Å². The minimum atomic E-state index is 0.685. The second kappa shape index (κ2) is 8.00. The van der Waals surface area contributed by atoms with Crippen LogP contribution in [0.25, 0.3) is 10.9 Å². The number of anilines is 1. The van der Waals surface area contributed by atoms with Crippen LogP contribution in [0.5, 0.6) is 5.75 Å². The van der Waals surface area contributed by atoms with Crippen LogP contribution in [0.4, 0.5) is 5.95 Å². The number of piperidine rings is 1. The summed E-state index contributed by atoms with van der Waals surface area (Å²) in [5.74, 6) is 1.70. The van der Waals surface area contributed by atoms with Crippen molar-refractivity contribution in [1.82, 2.24) is 14.9 Å². The standard InChI is InChI=1S/C20H30N4O/c1-5-6-11-23(3)16-9-12-24(13-10-16)20-21-15(2)18-8-7-17(25-4)14-19(18)22-20/h7-8,14,16H,5-6,9-13H2,1-4H3. The molecule has 1 aromatic carbocycles. The van der Waals surface area contributed by atoms with Gasteiger partial charge < -0.3 is 14.5 Å². The highest BCUT2D eigenvalue weighted by Crippen LogP contribution is 2.25. The zero-order chi connectivity index (χ0) is 17.8. The molecule has 0 bridgehead atoms. The molecule has 5 heteroatoms. The van der Waals surface area contributed by atoms with Crippen LogP contribution in [-0.2, 0) is 0 Å². The molecule has 0 N–H and O–H groups in total. The minimum absolute atomic E-state index is 0.685. The van der Waals surface area contributed by atoms with Crippen LogP contribution in [0.3, 0.4) is 0 Å². The van der Waals surface area contributed by atoms with E-state index in [-0.39, 0.29) is 0 Å². The first-order valence-corrected chi connectivity index (χ1v) is 9.40. The van der Waals surface area contributed by atoms with E-state index in [1.54, 1.807) is 7.11 Å². The smallest absolute Gasteiger partial charge is 0.226 e. The third-order valence-electron chi connectivity index (χ3n) is 5.32. The molecule has 0 amide bonds. The van der Waals surface area contributed by atoms with E-state index in [4.69, 9.17) is 14.7 Å². The summed E-state index contributed by atoms with van der Waals surface area (Å²) in [6.45, 7) is 7.56. The van der Waals surface area contributed by atoms with Crippen molar-refractivity contribution in [2.24, 2.45) is 0 Å². The molecule has 0 spiro atoms. The van der Waals surface area contributed by atoms with Crippen LogP contribution in [0, 0.1) is 6.92 Å². The maximum absolute atomic E-state index is 5.34. The number of rotatable bonds is 6. The van der Waals surface area contributed by atoms with Crippen LogP contribution in [0.1, 0.15) is 38.3 Å². The van der Waals surface area contributed by atoms with Gasteiger partial charge in [0, 0.05) is 30.6 Å². The SMILES string of the molecule is CCCCN(C)C1CCN(c2nc(C)c3ccc(OC)cc3n2)CC1. The Labute approximate surface area is 151 Å². The molecule has 0 aliphatic carbocycles. The number of hydrogen-bond acceptors (Lipinski definition) is 5. The number of nitrogens with zero attached hydrogens (tertiary/aromatic N) is 4. The van der Waals surface area contributed by atoms with E-state index in [9.17, 15) is 0 Å². The molecule has 136 valence electrons. The normalized spacial score (nSPS) is 16.0. The quantitative estimate of drug-likeness (QED) is 0.801. The molecule has 2 heterocycles. The fourth-order valence-electron chi connectivity index (χ4n) is 3.62. The molecule has 1 fully saturated rings. The van der Waals surface area contributed by atoms with E-state index >= 15 is 0 Å². The van der Waals surface area contributed by atoms with E-state index < -0.39 is 0 Å². The molecule has 2 aromatic rings. The number of fused-ring (bicyclic) bond motifs is 1. The van der Waals surface area contributed by atoms with Crippen molar-refractivity contribution in [2.45, 2.75) is 45.6 Å². The molecular formula is C20H30N4O. The Hall–Kier alpha value is -1.88. The molecule has 0 saturated carbocycles. The summed E-state index contributed by atoms with van der Waals surface area (Å²) in [6, 6.07) is 6.70. The third-order valence-corrected chi connectivity index (χ3v) is 5.32. The number of unbranched alkanes of at least 4 members (excludes halogenated alkanes) is 1. The van der Waals surface area contributed by atoms with E-state index in [2.05, 4.69) is 30.7 Å². The number of hydrogen-bond donors (Lipinski definition) is 0. The summed E-state index contributed by atoms with van der Waals surface area (Å²) in [6.07, 6.45) is 4.90. The maximum Gasteiger partial charge on any atom is 0.226 e. The highest BCUT2D eigenvalue weighted by molar-refractivity contribution is 5.83. The van der Waals surface area contributed by atoms with Gasteiger partial charge in [0.2, 0.25) is 5.95 Å². The van der Waals surface area contributed by atoms with Gasteiger partial charge in [-0.2, -0.15) is 0 Å². The number of benzene rings is 1. The fourth-order valence-corrected chi connectivity index (χ4v) is 3.62. The number of methoxy groups -OCH3 is 1. The van der Waals surface area contributed by atoms with Crippen molar-refractivity contribution in [1.29, 1.82) is 0 Å². The predicted molar refractivity (Wildman–Crippen MR) is 104 cm³/mol. The van der Waals surface area contributed by atoms with Crippen LogP contribution in [0.2, 0.25) is 0 Å². The summed E-state index contributed by atoms with van der Waals surface area (Å²) >= 11 is 0. The van der Waals surface area contributed by atoms with Crippen molar-refractivity contribution >= 4 is 16.9 Å². The van der Waals surface area contributed by atoms with Crippen LogP contribution in [-0.4, -0.2) is 54.7 Å². The summed E-state index contributed by atoms with van der Waals surface area (Å²) < 4.78 is 5.34. The van der Waals surface area contributed by atoms with Crippen LogP contribution < -0.4 is 9.64 Å². The first-order chi connectivity index (χ1) is 12.1. The minimum Gasteiger partial charge on any atom is -0.497 e. The Morgan fingerprint density at radius 1 is 1.24 bits per heavy atom. The summed E-state index contributed by atoms with van der Waals surface area (Å²) in [7, 11) is 3.95. The second-order valence-electron chi connectivity index (χ2n) is 7.04. The molecule has 3 rings (SSSR count). The van der Waals surface area contributed by atoms with Crippen molar-refractivity contribution in [3.05, 3.63) is 23.9 Å². The molecule has 0 atom stereocenters. The van der Waals surface area contributed by atoms with Gasteiger partial charge in [-0.05, 0) is 51.9 Å². The first kappa shape index (κ1) is 17.9. The highest BCUT2D eigenvalue weighted by Gasteiger charge is 2.24. The van der Waals surface area contributed by atoms with Gasteiger partial charge in [0.25, 0.3) is 0 Å². The average molecular weight is 342 g/mol. The van der Waals surface area contributed by atoms with Crippen LogP contribution >= 0.6 is 0 Å². The van der Waals surface area contributed by atoms with Gasteiger partial charge >= 0.3 is 0 Å². The molecule has 1 aromatic heterocycles. The molecule has 25 heavy (non-hydrogen) atoms. The predicted octanol–water partition coefficient (Wildman–Crippen LogP) is 3.65. The molecule has 5 nitrogen and oxygen atoms in total. The van der Waals surface area contributed by atoms with Crippen molar-refractivity contribution < 1.29 is 4.74 Å². The summed E-state index contributed by atoms with van der Waals surface area (Å²) in [5, 5.41) is 1.10. The largest absolute Gasteiger partial charge is 0.497 e. The Kier molecular flexibility index (Phi) is 5.74. The van der Waals surface area contributed by atoms with Crippen molar-refractivity contribution in [3.8, 4) is 5.75 Å². The number of ether oxygens (including phenoxy) is 1. The van der Waals surface area contributed by atoms with Gasteiger partial charge in [-0.25, -0.2) is 9.97 Å². The molecule has 0 unspecified atom stereocenters. The molecular weight excluding hydrogens is 312 g/mol. The molecule has 1 aliphatic rings. The Morgan fingerprint density at radius 2 is 2.00 bits per heavy atom. The zero-order valence-electron chi connectivity index (χ0n) is 16.0. The Balaban J connectivity index is 1.72. The Bertz CT molecular complexity index is 710. The van der Waals surface area contributed by atoms with E-state index in [0.29, 0.717) is 6.04 Å². The van der Waals surface area contributed by atoms with Gasteiger partial charge in [-0.15, -0.1) is 0 Å². The van der Waals surface area contributed by atoms with Crippen LogP contribution in [0.15, 0.2) is 18.2 Å². The third kappa shape index (κ3) is 4.03. The lowest BCUT2D eigenvalue weighted by Crippen LogP contribution is -2.44. The highest BCUT2D eigenvalue weighted by atomic mass is 16.5. The van der Waals surface area contributed by atoms with Crippen molar-refractivity contribution in [3.63, 3.8) is 0 Å². The maximum atomic E-state index is 5.34. The van der Waals surface area contributed by atoms with E-state index in [1.807, 2.05) is 18.2 Å². The van der Waals surface area contributed by atoms with E-state index in [0.717, 1.165) is 41.4 Å². The van der Waals surface area contributed by atoms with Gasteiger partial charge in [-0.1, -0.05) is 13.3 Å². The Morgan fingerprint density at radius 3 is 2.68 bits per heavy atom. The van der Waals surface area contributed by atoms with Gasteiger partial charge in [0.05, 0.1) is 18.3 Å². The second-order valence-corrected chi connectivity index (χ2v) is 7.04. The monoisotopic (exact) mass is 342 g/mol. The lowest BCUT2D eigenvalue weighted by Gasteiger charge is -2.37. The average Bonchev–Trinajstić information content (AvgIpc) is 2.65. The molecule has 0 radical (unpaired) electrons. The first-order valence-electron chi connectivity index (χ1n) is 9.40.